The van der Waals surface area contributed by atoms with Crippen LogP contribution in [0.3, 0.4) is 0 Å². The fourth-order valence-electron chi connectivity index (χ4n) is 3.41. The molecule has 0 spiro atoms. The minimum atomic E-state index is -0.989. The lowest BCUT2D eigenvalue weighted by molar-refractivity contribution is 0.0954. The molecule has 3 aromatic rings. The summed E-state index contributed by atoms with van der Waals surface area (Å²) < 4.78 is 0. The zero-order valence-corrected chi connectivity index (χ0v) is 18.4. The second kappa shape index (κ2) is 9.27. The smallest absolute Gasteiger partial charge is 0.251 e. The highest BCUT2D eigenvalue weighted by Gasteiger charge is 2.40. The molecule has 1 aliphatic rings. The third-order valence-corrected chi connectivity index (χ3v) is 5.39. The highest BCUT2D eigenvalue weighted by molar-refractivity contribution is 6.30. The second-order valence-corrected chi connectivity index (χ2v) is 8.06. The van der Waals surface area contributed by atoms with E-state index in [1.165, 1.54) is 0 Å². The van der Waals surface area contributed by atoms with E-state index in [2.05, 4.69) is 40.9 Å². The molecule has 0 fully saturated rings. The van der Waals surface area contributed by atoms with Gasteiger partial charge >= 0.3 is 0 Å². The standard InChI is InChI=1S/C22H21ClN8O/c1-14(2)22(28-30-31-29-22)17-10-15(20-4-3-18(23)12-27-20)9-16(11-17)21(32)26-6-5-19-13-24-7-8-25-19/h3-4,7-14H,5-6H2,1-2H3,(H,26,32). The van der Waals surface area contributed by atoms with Gasteiger partial charge in [0.05, 0.1) is 16.4 Å². The minimum absolute atomic E-state index is 0.0292. The molecule has 0 atom stereocenters. The highest BCUT2D eigenvalue weighted by atomic mass is 35.5. The van der Waals surface area contributed by atoms with E-state index >= 15 is 0 Å². The van der Waals surface area contributed by atoms with Crippen molar-refractivity contribution in [3.8, 4) is 11.3 Å². The molecule has 3 heterocycles. The molecule has 0 saturated heterocycles. The van der Waals surface area contributed by atoms with Crippen LogP contribution in [0.2, 0.25) is 5.02 Å². The fourth-order valence-corrected chi connectivity index (χ4v) is 3.52. The van der Waals surface area contributed by atoms with Crippen molar-refractivity contribution in [2.24, 2.45) is 26.6 Å². The number of amides is 1. The van der Waals surface area contributed by atoms with Gasteiger partial charge in [-0.15, -0.1) is 10.2 Å². The number of aromatic nitrogens is 3. The van der Waals surface area contributed by atoms with Gasteiger partial charge in [0.25, 0.3) is 5.91 Å². The van der Waals surface area contributed by atoms with E-state index in [1.54, 1.807) is 49.1 Å². The average molecular weight is 449 g/mol. The molecule has 0 radical (unpaired) electrons. The number of rotatable bonds is 7. The molecular formula is C22H21ClN8O. The molecular weight excluding hydrogens is 428 g/mol. The van der Waals surface area contributed by atoms with Crippen LogP contribution in [0.15, 0.2) is 75.8 Å². The zero-order chi connectivity index (χ0) is 22.6. The molecule has 162 valence electrons. The molecule has 10 heteroatoms. The summed E-state index contributed by atoms with van der Waals surface area (Å²) in [7, 11) is 0. The Bertz CT molecular complexity index is 1150. The average Bonchev–Trinajstić information content (AvgIpc) is 3.31. The molecule has 9 nitrogen and oxygen atoms in total. The third kappa shape index (κ3) is 4.52. The Labute approximate surface area is 190 Å². The summed E-state index contributed by atoms with van der Waals surface area (Å²) in [5.74, 6) is -0.254. The Morgan fingerprint density at radius 3 is 2.53 bits per heavy atom. The lowest BCUT2D eigenvalue weighted by Crippen LogP contribution is -2.29. The largest absolute Gasteiger partial charge is 0.352 e. The number of hydrogen-bond donors (Lipinski definition) is 1. The molecule has 0 aliphatic carbocycles. The number of carbonyl (C=O) groups is 1. The minimum Gasteiger partial charge on any atom is -0.352 e. The summed E-state index contributed by atoms with van der Waals surface area (Å²) in [5, 5.41) is 19.5. The van der Waals surface area contributed by atoms with Crippen molar-refractivity contribution < 1.29 is 4.79 Å². The molecule has 4 rings (SSSR count). The van der Waals surface area contributed by atoms with Crippen molar-refractivity contribution in [3.05, 3.63) is 77.0 Å². The summed E-state index contributed by atoms with van der Waals surface area (Å²) in [4.78, 5) is 25.7. The van der Waals surface area contributed by atoms with Crippen LogP contribution < -0.4 is 5.32 Å². The van der Waals surface area contributed by atoms with Crippen LogP contribution in [0, 0.1) is 5.92 Å². The fraction of sp³-hybridized carbons (Fsp3) is 0.273. The number of nitrogens with zero attached hydrogens (tertiary/aromatic N) is 7. The van der Waals surface area contributed by atoms with E-state index in [0.717, 1.165) is 11.3 Å². The lowest BCUT2D eigenvalue weighted by Gasteiger charge is -2.25. The number of pyridine rings is 1. The van der Waals surface area contributed by atoms with Crippen LogP contribution in [0.1, 0.15) is 35.5 Å². The van der Waals surface area contributed by atoms with Gasteiger partial charge in [-0.3, -0.25) is 19.7 Å². The van der Waals surface area contributed by atoms with Gasteiger partial charge in [-0.1, -0.05) is 25.4 Å². The lowest BCUT2D eigenvalue weighted by atomic mass is 9.87. The number of halogens is 1. The van der Waals surface area contributed by atoms with Crippen LogP contribution >= 0.6 is 11.6 Å². The highest BCUT2D eigenvalue weighted by Crippen LogP contribution is 2.41. The van der Waals surface area contributed by atoms with E-state index in [4.69, 9.17) is 11.6 Å². The summed E-state index contributed by atoms with van der Waals surface area (Å²) >= 11 is 6.00. The van der Waals surface area contributed by atoms with E-state index in [-0.39, 0.29) is 11.8 Å². The summed E-state index contributed by atoms with van der Waals surface area (Å²) in [6.45, 7) is 4.39. The summed E-state index contributed by atoms with van der Waals surface area (Å²) in [5.41, 5.74) is 2.41. The molecule has 0 unspecified atom stereocenters. The van der Waals surface area contributed by atoms with Crippen LogP contribution in [0.25, 0.3) is 11.3 Å². The van der Waals surface area contributed by atoms with Crippen LogP contribution in [-0.2, 0) is 12.1 Å². The Kier molecular flexibility index (Phi) is 6.27. The number of nitrogens with one attached hydrogen (secondary N) is 1. The predicted octanol–water partition coefficient (Wildman–Crippen LogP) is 4.81. The van der Waals surface area contributed by atoms with Crippen molar-refractivity contribution in [3.63, 3.8) is 0 Å². The van der Waals surface area contributed by atoms with Gasteiger partial charge in [-0.25, -0.2) is 0 Å². The molecule has 32 heavy (non-hydrogen) atoms. The van der Waals surface area contributed by atoms with Gasteiger partial charge in [0.15, 0.2) is 0 Å². The Morgan fingerprint density at radius 2 is 1.88 bits per heavy atom. The van der Waals surface area contributed by atoms with Gasteiger partial charge in [-0.2, -0.15) is 0 Å². The van der Waals surface area contributed by atoms with E-state index in [0.29, 0.717) is 34.8 Å². The SMILES string of the molecule is CC(C)C1(c2cc(C(=O)NCCc3cnccn3)cc(-c3ccc(Cl)cn3)c2)N=NN=N1. The van der Waals surface area contributed by atoms with Gasteiger partial charge in [0, 0.05) is 60.4 Å². The third-order valence-electron chi connectivity index (χ3n) is 5.17. The van der Waals surface area contributed by atoms with Crippen LogP contribution in [0.5, 0.6) is 0 Å². The van der Waals surface area contributed by atoms with Crippen molar-refractivity contribution in [2.75, 3.05) is 6.54 Å². The predicted molar refractivity (Wildman–Crippen MR) is 119 cm³/mol. The molecule has 2 aromatic heterocycles. The first-order valence-corrected chi connectivity index (χ1v) is 10.5. The van der Waals surface area contributed by atoms with Crippen LogP contribution in [0.4, 0.5) is 0 Å². The Morgan fingerprint density at radius 1 is 1.06 bits per heavy atom. The summed E-state index contributed by atoms with van der Waals surface area (Å²) in [6, 6.07) is 9.03. The van der Waals surface area contributed by atoms with E-state index < -0.39 is 5.66 Å². The van der Waals surface area contributed by atoms with Crippen LogP contribution in [-0.4, -0.2) is 27.4 Å². The van der Waals surface area contributed by atoms with Gasteiger partial charge in [-0.05, 0) is 40.8 Å². The topological polar surface area (TPSA) is 117 Å². The van der Waals surface area contributed by atoms with Crippen molar-refractivity contribution in [1.29, 1.82) is 0 Å². The van der Waals surface area contributed by atoms with Gasteiger partial charge in [0.1, 0.15) is 0 Å². The van der Waals surface area contributed by atoms with E-state index in [9.17, 15) is 4.79 Å². The number of hydrogen-bond acceptors (Lipinski definition) is 8. The Balaban J connectivity index is 1.67. The first kappa shape index (κ1) is 21.6. The molecule has 0 bridgehead atoms. The maximum Gasteiger partial charge on any atom is 0.251 e. The molecule has 0 saturated carbocycles. The maximum atomic E-state index is 13.0. The number of benzene rings is 1. The Hall–Kier alpha value is -3.59. The van der Waals surface area contributed by atoms with Crippen molar-refractivity contribution in [2.45, 2.75) is 25.9 Å². The quantitative estimate of drug-likeness (QED) is 0.558. The first-order valence-electron chi connectivity index (χ1n) is 10.1. The molecule has 1 aromatic carbocycles. The zero-order valence-electron chi connectivity index (χ0n) is 17.6. The molecule has 1 amide bonds. The van der Waals surface area contributed by atoms with Crippen molar-refractivity contribution >= 4 is 17.5 Å². The normalized spacial score (nSPS) is 14.1. The second-order valence-electron chi connectivity index (χ2n) is 7.62. The monoisotopic (exact) mass is 448 g/mol. The van der Waals surface area contributed by atoms with Crippen molar-refractivity contribution in [1.82, 2.24) is 20.3 Å². The maximum absolute atomic E-state index is 13.0. The van der Waals surface area contributed by atoms with Gasteiger partial charge < -0.3 is 5.32 Å². The van der Waals surface area contributed by atoms with E-state index in [1.807, 2.05) is 19.9 Å². The summed E-state index contributed by atoms with van der Waals surface area (Å²) in [6.07, 6.45) is 7.06. The van der Waals surface area contributed by atoms with Gasteiger partial charge in [0.2, 0.25) is 5.66 Å². The number of carbonyl (C=O) groups excluding carboxylic acids is 1. The molecule has 1 N–H and O–H groups in total. The molecule has 1 aliphatic heterocycles. The first-order chi connectivity index (χ1) is 15.5.